The number of piperidine rings is 1. The van der Waals surface area contributed by atoms with Crippen LogP contribution in [0.5, 0.6) is 0 Å². The first-order valence-corrected chi connectivity index (χ1v) is 9.05. The van der Waals surface area contributed by atoms with Gasteiger partial charge in [0.2, 0.25) is 5.91 Å². The SMILES string of the molecule is CC(=O)NCc1ccc(-c2cccc(C(=O)N3CCC[C@H](C#N)C3)c2)nc1. The molecule has 1 aliphatic rings. The molecular weight excluding hydrogens is 340 g/mol. The first-order valence-electron chi connectivity index (χ1n) is 9.05. The Morgan fingerprint density at radius 2 is 2.19 bits per heavy atom. The summed E-state index contributed by atoms with van der Waals surface area (Å²) in [5.41, 5.74) is 3.15. The fraction of sp³-hybridized carbons (Fsp3) is 0.333. The Balaban J connectivity index is 1.74. The van der Waals surface area contributed by atoms with Gasteiger partial charge in [-0.25, -0.2) is 0 Å². The minimum atomic E-state index is -0.0818. The molecule has 0 spiro atoms. The van der Waals surface area contributed by atoms with E-state index in [0.717, 1.165) is 29.7 Å². The Bertz CT molecular complexity index is 870. The van der Waals surface area contributed by atoms with Crippen LogP contribution in [-0.4, -0.2) is 34.8 Å². The summed E-state index contributed by atoms with van der Waals surface area (Å²) in [5.74, 6) is -0.204. The number of aromatic nitrogens is 1. The zero-order valence-corrected chi connectivity index (χ0v) is 15.3. The zero-order chi connectivity index (χ0) is 19.2. The number of pyridine rings is 1. The average molecular weight is 362 g/mol. The van der Waals surface area contributed by atoms with E-state index in [4.69, 9.17) is 5.26 Å². The lowest BCUT2D eigenvalue weighted by Crippen LogP contribution is -2.39. The largest absolute Gasteiger partial charge is 0.352 e. The molecule has 2 aromatic rings. The number of nitrogens with zero attached hydrogens (tertiary/aromatic N) is 3. The Morgan fingerprint density at radius 1 is 1.33 bits per heavy atom. The highest BCUT2D eigenvalue weighted by Gasteiger charge is 2.24. The Hall–Kier alpha value is -3.20. The molecule has 0 radical (unpaired) electrons. The molecule has 0 aliphatic carbocycles. The van der Waals surface area contributed by atoms with Crippen LogP contribution in [0.3, 0.4) is 0 Å². The monoisotopic (exact) mass is 362 g/mol. The highest BCUT2D eigenvalue weighted by molar-refractivity contribution is 5.95. The summed E-state index contributed by atoms with van der Waals surface area (Å²) in [6.07, 6.45) is 3.44. The van der Waals surface area contributed by atoms with Gasteiger partial charge in [0.1, 0.15) is 0 Å². The smallest absolute Gasteiger partial charge is 0.253 e. The summed E-state index contributed by atoms with van der Waals surface area (Å²) in [4.78, 5) is 30.0. The molecule has 1 aromatic heterocycles. The van der Waals surface area contributed by atoms with Gasteiger partial charge >= 0.3 is 0 Å². The topological polar surface area (TPSA) is 86.1 Å². The summed E-state index contributed by atoms with van der Waals surface area (Å²) < 4.78 is 0. The van der Waals surface area contributed by atoms with E-state index in [1.165, 1.54) is 6.92 Å². The molecule has 3 rings (SSSR count). The van der Waals surface area contributed by atoms with E-state index in [0.29, 0.717) is 25.2 Å². The van der Waals surface area contributed by atoms with Crippen molar-refractivity contribution in [1.82, 2.24) is 15.2 Å². The number of hydrogen-bond donors (Lipinski definition) is 1. The summed E-state index contributed by atoms with van der Waals surface area (Å²) in [6.45, 7) is 3.11. The summed E-state index contributed by atoms with van der Waals surface area (Å²) >= 11 is 0. The molecule has 6 heteroatoms. The van der Waals surface area contributed by atoms with Gasteiger partial charge < -0.3 is 10.2 Å². The van der Waals surface area contributed by atoms with Crippen molar-refractivity contribution in [3.8, 4) is 17.3 Å². The maximum atomic E-state index is 12.8. The zero-order valence-electron chi connectivity index (χ0n) is 15.3. The molecule has 1 aliphatic heterocycles. The van der Waals surface area contributed by atoms with Crippen LogP contribution in [0.4, 0.5) is 0 Å². The van der Waals surface area contributed by atoms with E-state index in [1.807, 2.05) is 30.3 Å². The van der Waals surface area contributed by atoms with Crippen LogP contribution < -0.4 is 5.32 Å². The lowest BCUT2D eigenvalue weighted by molar-refractivity contribution is -0.119. The van der Waals surface area contributed by atoms with Gasteiger partial charge in [-0.3, -0.25) is 14.6 Å². The van der Waals surface area contributed by atoms with Crippen molar-refractivity contribution >= 4 is 11.8 Å². The highest BCUT2D eigenvalue weighted by atomic mass is 16.2. The predicted octanol–water partition coefficient (Wildman–Crippen LogP) is 2.76. The Morgan fingerprint density at radius 3 is 2.89 bits per heavy atom. The van der Waals surface area contributed by atoms with Gasteiger partial charge in [-0.05, 0) is 36.6 Å². The molecule has 2 amide bonds. The normalized spacial score (nSPS) is 16.4. The van der Waals surface area contributed by atoms with Crippen molar-refractivity contribution in [3.63, 3.8) is 0 Å². The van der Waals surface area contributed by atoms with Crippen LogP contribution in [0.15, 0.2) is 42.6 Å². The number of amides is 2. The van der Waals surface area contributed by atoms with E-state index in [2.05, 4.69) is 16.4 Å². The molecule has 0 saturated carbocycles. The molecule has 1 N–H and O–H groups in total. The second-order valence-corrected chi connectivity index (χ2v) is 6.76. The van der Waals surface area contributed by atoms with Crippen molar-refractivity contribution in [3.05, 3.63) is 53.7 Å². The number of nitrogens with one attached hydrogen (secondary N) is 1. The third kappa shape index (κ3) is 4.70. The second kappa shape index (κ2) is 8.45. The van der Waals surface area contributed by atoms with Gasteiger partial charge in [-0.1, -0.05) is 18.2 Å². The van der Waals surface area contributed by atoms with Crippen LogP contribution >= 0.6 is 0 Å². The van der Waals surface area contributed by atoms with Crippen molar-refractivity contribution in [2.45, 2.75) is 26.3 Å². The molecule has 1 atom stereocenters. The molecule has 138 valence electrons. The third-order valence-corrected chi connectivity index (χ3v) is 4.66. The minimum absolute atomic E-state index is 0.0425. The van der Waals surface area contributed by atoms with E-state index < -0.39 is 0 Å². The Kier molecular flexibility index (Phi) is 5.82. The number of rotatable bonds is 4. The van der Waals surface area contributed by atoms with Gasteiger partial charge in [0.15, 0.2) is 0 Å². The number of carbonyl (C=O) groups excluding carboxylic acids is 2. The molecule has 6 nitrogen and oxygen atoms in total. The van der Waals surface area contributed by atoms with Crippen LogP contribution in [0.1, 0.15) is 35.7 Å². The molecular formula is C21H22N4O2. The Labute approximate surface area is 158 Å². The molecule has 27 heavy (non-hydrogen) atoms. The fourth-order valence-corrected chi connectivity index (χ4v) is 3.19. The third-order valence-electron chi connectivity index (χ3n) is 4.66. The summed E-state index contributed by atoms with van der Waals surface area (Å²) in [6, 6.07) is 13.5. The van der Waals surface area contributed by atoms with Gasteiger partial charge in [-0.2, -0.15) is 5.26 Å². The first kappa shape index (κ1) is 18.6. The van der Waals surface area contributed by atoms with Crippen LogP contribution in [0.25, 0.3) is 11.3 Å². The van der Waals surface area contributed by atoms with Gasteiger partial charge in [0.25, 0.3) is 5.91 Å². The van der Waals surface area contributed by atoms with Crippen molar-refractivity contribution in [2.24, 2.45) is 5.92 Å². The van der Waals surface area contributed by atoms with Crippen LogP contribution in [0.2, 0.25) is 0 Å². The lowest BCUT2D eigenvalue weighted by atomic mass is 9.98. The predicted molar refractivity (Wildman–Crippen MR) is 101 cm³/mol. The van der Waals surface area contributed by atoms with Gasteiger partial charge in [0.05, 0.1) is 17.7 Å². The molecule has 1 fully saturated rings. The summed E-state index contributed by atoms with van der Waals surface area (Å²) in [7, 11) is 0. The number of carbonyl (C=O) groups is 2. The van der Waals surface area contributed by atoms with Gasteiger partial charge in [0, 0.05) is 43.9 Å². The van der Waals surface area contributed by atoms with Crippen molar-refractivity contribution < 1.29 is 9.59 Å². The molecule has 1 saturated heterocycles. The van der Waals surface area contributed by atoms with E-state index in [9.17, 15) is 9.59 Å². The summed E-state index contributed by atoms with van der Waals surface area (Å²) in [5, 5.41) is 11.9. The van der Waals surface area contributed by atoms with Gasteiger partial charge in [-0.15, -0.1) is 0 Å². The maximum absolute atomic E-state index is 12.8. The van der Waals surface area contributed by atoms with Crippen molar-refractivity contribution in [1.29, 1.82) is 5.26 Å². The fourth-order valence-electron chi connectivity index (χ4n) is 3.19. The molecule has 0 bridgehead atoms. The average Bonchev–Trinajstić information content (AvgIpc) is 2.72. The molecule has 0 unspecified atom stereocenters. The molecule has 2 heterocycles. The maximum Gasteiger partial charge on any atom is 0.253 e. The lowest BCUT2D eigenvalue weighted by Gasteiger charge is -2.29. The van der Waals surface area contributed by atoms with Crippen LogP contribution in [-0.2, 0) is 11.3 Å². The standard InChI is InChI=1S/C21H22N4O2/c1-15(26)23-12-17-7-8-20(24-13-17)18-5-2-6-19(10-18)21(27)25-9-3-4-16(11-22)14-25/h2,5-8,10,13,16H,3-4,9,12,14H2,1H3,(H,23,26)/t16-/m1/s1. The number of hydrogen-bond acceptors (Lipinski definition) is 4. The van der Waals surface area contributed by atoms with Crippen LogP contribution in [0, 0.1) is 17.2 Å². The second-order valence-electron chi connectivity index (χ2n) is 6.76. The van der Waals surface area contributed by atoms with E-state index in [1.54, 1.807) is 17.2 Å². The van der Waals surface area contributed by atoms with E-state index >= 15 is 0 Å². The first-order chi connectivity index (χ1) is 13.1. The van der Waals surface area contributed by atoms with Crippen molar-refractivity contribution in [2.75, 3.05) is 13.1 Å². The number of benzene rings is 1. The van der Waals surface area contributed by atoms with E-state index in [-0.39, 0.29) is 17.7 Å². The molecule has 1 aromatic carbocycles. The highest BCUT2D eigenvalue weighted by Crippen LogP contribution is 2.22. The quantitative estimate of drug-likeness (QED) is 0.906. The number of nitriles is 1. The number of likely N-dealkylation sites (tertiary alicyclic amines) is 1. The minimum Gasteiger partial charge on any atom is -0.352 e.